The second-order valence-electron chi connectivity index (χ2n) is 4.84. The molecule has 136 valence electrons. The van der Waals surface area contributed by atoms with Gasteiger partial charge in [0, 0.05) is 6.54 Å². The minimum absolute atomic E-state index is 0. The number of rotatable bonds is 9. The van der Waals surface area contributed by atoms with Crippen molar-refractivity contribution in [1.29, 1.82) is 0 Å². The first-order chi connectivity index (χ1) is 11.9. The van der Waals surface area contributed by atoms with E-state index in [-0.39, 0.29) is 12.4 Å². The predicted molar refractivity (Wildman–Crippen MR) is 101 cm³/mol. The maximum Gasteiger partial charge on any atom is 0.235 e. The summed E-state index contributed by atoms with van der Waals surface area (Å²) in [5.41, 5.74) is 7.59. The average molecular weight is 365 g/mol. The zero-order valence-corrected chi connectivity index (χ0v) is 15.0. The molecule has 0 aliphatic rings. The molecule has 0 aliphatic heterocycles. The topological polar surface area (TPSA) is 73.9 Å². The van der Waals surface area contributed by atoms with Gasteiger partial charge < -0.3 is 15.2 Å². The Hall–Kier alpha value is -2.01. The molecule has 0 unspecified atom stereocenters. The van der Waals surface area contributed by atoms with E-state index in [1.54, 1.807) is 0 Å². The van der Waals surface area contributed by atoms with Crippen LogP contribution in [0, 0.1) is 0 Å². The third-order valence-corrected chi connectivity index (χ3v) is 2.90. The van der Waals surface area contributed by atoms with Gasteiger partial charge in [-0.3, -0.25) is 0 Å². The molecule has 0 spiro atoms. The Balaban J connectivity index is 0.000000449. The summed E-state index contributed by atoms with van der Waals surface area (Å²) < 4.78 is 10.5. The van der Waals surface area contributed by atoms with Crippen LogP contribution in [0.25, 0.3) is 0 Å². The highest BCUT2D eigenvalue weighted by molar-refractivity contribution is 5.85. The highest BCUT2D eigenvalue weighted by atomic mass is 35.5. The Morgan fingerprint density at radius 1 is 0.840 bits per heavy atom. The van der Waals surface area contributed by atoms with Crippen LogP contribution >= 0.6 is 12.4 Å². The van der Waals surface area contributed by atoms with E-state index in [2.05, 4.69) is 4.99 Å². The molecule has 25 heavy (non-hydrogen) atoms. The number of carbonyl (C=O) groups excluding carboxylic acids is 1. The molecule has 0 atom stereocenters. The highest BCUT2D eigenvalue weighted by Crippen LogP contribution is 2.00. The molecule has 0 saturated heterocycles. The number of nitrogens with zero attached hydrogens (tertiary/aromatic N) is 1. The Morgan fingerprint density at radius 2 is 1.32 bits per heavy atom. The first-order valence-electron chi connectivity index (χ1n) is 7.84. The number of ether oxygens (including phenoxy) is 2. The number of aliphatic imine (C=N–C) groups is 1. The normalized spacial score (nSPS) is 9.16. The van der Waals surface area contributed by atoms with Gasteiger partial charge in [0.05, 0.1) is 33.0 Å². The van der Waals surface area contributed by atoms with Crippen LogP contribution in [0.3, 0.4) is 0 Å². The Labute approximate surface area is 155 Å². The summed E-state index contributed by atoms with van der Waals surface area (Å²) in [7, 11) is 0. The zero-order chi connectivity index (χ0) is 17.3. The van der Waals surface area contributed by atoms with Gasteiger partial charge in [-0.05, 0) is 11.1 Å². The first kappa shape index (κ1) is 23.0. The van der Waals surface area contributed by atoms with Gasteiger partial charge in [-0.1, -0.05) is 60.7 Å². The molecule has 2 rings (SSSR count). The van der Waals surface area contributed by atoms with Crippen molar-refractivity contribution < 1.29 is 14.3 Å². The lowest BCUT2D eigenvalue weighted by molar-refractivity contribution is 0.128. The van der Waals surface area contributed by atoms with Crippen LogP contribution in [0.2, 0.25) is 0 Å². The maximum absolute atomic E-state index is 9.69. The molecule has 6 heteroatoms. The van der Waals surface area contributed by atoms with Gasteiger partial charge in [0.25, 0.3) is 0 Å². The molecule has 0 fully saturated rings. The summed E-state index contributed by atoms with van der Waals surface area (Å²) in [6.07, 6.45) is 1.46. The third kappa shape index (κ3) is 13.0. The molecule has 2 aromatic rings. The van der Waals surface area contributed by atoms with Gasteiger partial charge in [-0.25, -0.2) is 9.79 Å². The summed E-state index contributed by atoms with van der Waals surface area (Å²) in [5, 5.41) is 0. The molecule has 0 amide bonds. The average Bonchev–Trinajstić information content (AvgIpc) is 2.64. The van der Waals surface area contributed by atoms with Gasteiger partial charge in [-0.2, -0.15) is 0 Å². The lowest BCUT2D eigenvalue weighted by Crippen LogP contribution is -2.07. The molecule has 0 aliphatic carbocycles. The van der Waals surface area contributed by atoms with Gasteiger partial charge in [0.15, 0.2) is 0 Å². The van der Waals surface area contributed by atoms with Gasteiger partial charge in [0.1, 0.15) is 0 Å². The van der Waals surface area contributed by atoms with Crippen molar-refractivity contribution in [3.63, 3.8) is 0 Å². The Kier molecular flexibility index (Phi) is 15.5. The molecule has 0 bridgehead atoms. The summed E-state index contributed by atoms with van der Waals surface area (Å²) in [5.74, 6) is 0. The smallest absolute Gasteiger partial charge is 0.235 e. The van der Waals surface area contributed by atoms with Gasteiger partial charge in [0.2, 0.25) is 6.08 Å². The highest BCUT2D eigenvalue weighted by Gasteiger charge is 1.90. The van der Waals surface area contributed by atoms with E-state index in [0.29, 0.717) is 39.5 Å². The second kappa shape index (κ2) is 16.8. The molecule has 0 saturated carbocycles. The number of hydrogen-bond acceptors (Lipinski definition) is 5. The molecule has 2 aromatic carbocycles. The monoisotopic (exact) mass is 364 g/mol. The Bertz CT molecular complexity index is 576. The van der Waals surface area contributed by atoms with Crippen LogP contribution in [0.15, 0.2) is 65.7 Å². The number of nitrogens with two attached hydrogens (primary N) is 1. The summed E-state index contributed by atoms with van der Waals surface area (Å²) >= 11 is 0. The molecular formula is C19H25ClN2O3. The van der Waals surface area contributed by atoms with E-state index in [1.807, 2.05) is 60.7 Å². The van der Waals surface area contributed by atoms with Gasteiger partial charge >= 0.3 is 0 Å². The molecule has 5 nitrogen and oxygen atoms in total. The molecule has 0 aromatic heterocycles. The minimum Gasteiger partial charge on any atom is -0.375 e. The number of isocyanates is 1. The minimum atomic E-state index is 0. The van der Waals surface area contributed by atoms with Crippen LogP contribution in [0.1, 0.15) is 11.1 Å². The lowest BCUT2D eigenvalue weighted by Gasteiger charge is -2.00. The first-order valence-corrected chi connectivity index (χ1v) is 7.84. The molecule has 0 heterocycles. The van der Waals surface area contributed by atoms with Crippen molar-refractivity contribution in [2.75, 3.05) is 26.3 Å². The number of halogens is 1. The van der Waals surface area contributed by atoms with Crippen LogP contribution in [-0.2, 0) is 27.5 Å². The van der Waals surface area contributed by atoms with Crippen molar-refractivity contribution in [1.82, 2.24) is 0 Å². The van der Waals surface area contributed by atoms with Crippen molar-refractivity contribution >= 4 is 18.5 Å². The van der Waals surface area contributed by atoms with Crippen LogP contribution < -0.4 is 5.73 Å². The molecule has 2 N–H and O–H groups in total. The van der Waals surface area contributed by atoms with E-state index in [1.165, 1.54) is 11.6 Å². The summed E-state index contributed by atoms with van der Waals surface area (Å²) in [4.78, 5) is 13.1. The van der Waals surface area contributed by atoms with Crippen molar-refractivity contribution in [2.45, 2.75) is 13.2 Å². The zero-order valence-electron chi connectivity index (χ0n) is 14.2. The van der Waals surface area contributed by atoms with Crippen LogP contribution in [0.4, 0.5) is 0 Å². The van der Waals surface area contributed by atoms with Gasteiger partial charge in [-0.15, -0.1) is 12.4 Å². The Morgan fingerprint density at radius 3 is 1.76 bits per heavy atom. The fourth-order valence-corrected chi connectivity index (χ4v) is 1.77. The fraction of sp³-hybridized carbons (Fsp3) is 0.316. The number of hydrogen-bond donors (Lipinski definition) is 1. The van der Waals surface area contributed by atoms with E-state index in [9.17, 15) is 4.79 Å². The van der Waals surface area contributed by atoms with E-state index in [0.717, 1.165) is 5.56 Å². The fourth-order valence-electron chi connectivity index (χ4n) is 1.77. The van der Waals surface area contributed by atoms with E-state index >= 15 is 0 Å². The SMILES string of the molecule is Cl.NCCOCc1ccccc1.O=C=NCCOCc1ccccc1. The van der Waals surface area contributed by atoms with E-state index in [4.69, 9.17) is 15.2 Å². The third-order valence-electron chi connectivity index (χ3n) is 2.90. The molecular weight excluding hydrogens is 340 g/mol. The lowest BCUT2D eigenvalue weighted by atomic mass is 10.2. The number of benzene rings is 2. The summed E-state index contributed by atoms with van der Waals surface area (Å²) in [6.45, 7) is 3.30. The molecule has 0 radical (unpaired) electrons. The second-order valence-corrected chi connectivity index (χ2v) is 4.84. The van der Waals surface area contributed by atoms with E-state index < -0.39 is 0 Å². The van der Waals surface area contributed by atoms with Crippen LogP contribution in [0.5, 0.6) is 0 Å². The van der Waals surface area contributed by atoms with Crippen LogP contribution in [-0.4, -0.2) is 32.4 Å². The van der Waals surface area contributed by atoms with Crippen molar-refractivity contribution in [3.05, 3.63) is 71.8 Å². The van der Waals surface area contributed by atoms with Crippen molar-refractivity contribution in [3.8, 4) is 0 Å². The standard InChI is InChI=1S/C10H11NO2.C9H13NO.ClH/c12-9-11-6-7-13-8-10-4-2-1-3-5-10;10-6-7-11-8-9-4-2-1-3-5-9;/h1-5H,6-8H2;1-5H,6-8,10H2;1H. The predicted octanol–water partition coefficient (Wildman–Crippen LogP) is 3.12. The summed E-state index contributed by atoms with van der Waals surface area (Å²) in [6, 6.07) is 19.9. The largest absolute Gasteiger partial charge is 0.375 e. The van der Waals surface area contributed by atoms with Crippen molar-refractivity contribution in [2.24, 2.45) is 10.7 Å². The quantitative estimate of drug-likeness (QED) is 0.421. The maximum atomic E-state index is 9.69.